The van der Waals surface area contributed by atoms with Gasteiger partial charge in [0, 0.05) is 18.9 Å². The smallest absolute Gasteiger partial charge is 0.0736 e. The quantitative estimate of drug-likeness (QED) is 0.524. The summed E-state index contributed by atoms with van der Waals surface area (Å²) in [5.41, 5.74) is 1.31. The maximum atomic E-state index is 5.63. The van der Waals surface area contributed by atoms with E-state index in [-0.39, 0.29) is 0 Å². The van der Waals surface area contributed by atoms with Crippen LogP contribution in [0.4, 0.5) is 0 Å². The highest BCUT2D eigenvalue weighted by atomic mass is 35.5. The van der Waals surface area contributed by atoms with Gasteiger partial charge in [0.1, 0.15) is 0 Å². The number of aromatic nitrogens is 1. The summed E-state index contributed by atoms with van der Waals surface area (Å²) in [6.45, 7) is 0.994. The van der Waals surface area contributed by atoms with Gasteiger partial charge in [-0.2, -0.15) is 0 Å². The molecule has 1 aromatic heterocycles. The zero-order chi connectivity index (χ0) is 8.81. The molecule has 1 rings (SSSR count). The highest BCUT2D eigenvalue weighted by molar-refractivity contribution is 6.17. The molecule has 12 heavy (non-hydrogen) atoms. The summed E-state index contributed by atoms with van der Waals surface area (Å²) >= 11 is 5.63. The molecule has 3 heteroatoms. The van der Waals surface area contributed by atoms with Crippen molar-refractivity contribution in [1.29, 1.82) is 0 Å². The zero-order valence-corrected chi connectivity index (χ0v) is 7.96. The fraction of sp³-hybridized carbons (Fsp3) is 0.444. The number of pyridine rings is 1. The van der Waals surface area contributed by atoms with Crippen LogP contribution in [-0.2, 0) is 6.42 Å². The zero-order valence-electron chi connectivity index (χ0n) is 7.20. The normalized spacial score (nSPS) is 10.6. The largest absolute Gasteiger partial charge is 0.293 e. The fourth-order valence-electron chi connectivity index (χ4n) is 0.929. The second-order valence-corrected chi connectivity index (χ2v) is 3.04. The van der Waals surface area contributed by atoms with Crippen molar-refractivity contribution in [2.45, 2.75) is 6.42 Å². The van der Waals surface area contributed by atoms with Crippen LogP contribution in [-0.4, -0.2) is 29.5 Å². The van der Waals surface area contributed by atoms with Gasteiger partial charge in [0.25, 0.3) is 0 Å². The van der Waals surface area contributed by atoms with Crippen molar-refractivity contribution in [3.8, 4) is 0 Å². The van der Waals surface area contributed by atoms with Gasteiger partial charge in [0.05, 0.1) is 6.00 Å². The van der Waals surface area contributed by atoms with Gasteiger partial charge in [-0.25, -0.2) is 0 Å². The Morgan fingerprint density at radius 1 is 1.42 bits per heavy atom. The van der Waals surface area contributed by atoms with Gasteiger partial charge in [-0.15, -0.1) is 11.6 Å². The maximum absolute atomic E-state index is 5.63. The second kappa shape index (κ2) is 5.12. The first-order chi connectivity index (χ1) is 5.83. The Labute approximate surface area is 78.2 Å². The van der Waals surface area contributed by atoms with E-state index in [9.17, 15) is 0 Å². The molecule has 0 spiro atoms. The van der Waals surface area contributed by atoms with Crippen LogP contribution in [0.15, 0.2) is 24.5 Å². The number of alkyl halides is 1. The van der Waals surface area contributed by atoms with E-state index in [1.54, 1.807) is 0 Å². The molecule has 2 nitrogen and oxygen atoms in total. The van der Waals surface area contributed by atoms with E-state index < -0.39 is 0 Å². The van der Waals surface area contributed by atoms with Gasteiger partial charge in [-0.3, -0.25) is 9.88 Å². The van der Waals surface area contributed by atoms with Gasteiger partial charge >= 0.3 is 0 Å². The summed E-state index contributed by atoms with van der Waals surface area (Å²) < 4.78 is 0. The lowest BCUT2D eigenvalue weighted by Gasteiger charge is -2.11. The van der Waals surface area contributed by atoms with Crippen molar-refractivity contribution < 1.29 is 0 Å². The van der Waals surface area contributed by atoms with Crippen LogP contribution in [0.25, 0.3) is 0 Å². The van der Waals surface area contributed by atoms with E-state index in [0.29, 0.717) is 6.00 Å². The van der Waals surface area contributed by atoms with E-state index in [1.807, 2.05) is 31.6 Å². The van der Waals surface area contributed by atoms with Crippen LogP contribution in [0.2, 0.25) is 0 Å². The van der Waals surface area contributed by atoms with Gasteiger partial charge < -0.3 is 0 Å². The van der Waals surface area contributed by atoms with E-state index >= 15 is 0 Å². The van der Waals surface area contributed by atoms with E-state index in [1.165, 1.54) is 5.56 Å². The van der Waals surface area contributed by atoms with Gasteiger partial charge in [0.2, 0.25) is 0 Å². The molecule has 0 N–H and O–H groups in total. The van der Waals surface area contributed by atoms with Crippen LogP contribution in [0.1, 0.15) is 5.56 Å². The molecular weight excluding hydrogens is 172 g/mol. The molecular formula is C9H13ClN2. The van der Waals surface area contributed by atoms with Crippen LogP contribution in [0.5, 0.6) is 0 Å². The molecule has 0 bridgehead atoms. The highest BCUT2D eigenvalue weighted by Crippen LogP contribution is 1.98. The van der Waals surface area contributed by atoms with Crippen LogP contribution < -0.4 is 0 Å². The van der Waals surface area contributed by atoms with Gasteiger partial charge in [0.15, 0.2) is 0 Å². The second-order valence-electron chi connectivity index (χ2n) is 2.80. The molecule has 0 amide bonds. The molecule has 0 saturated heterocycles. The Morgan fingerprint density at radius 2 is 2.08 bits per heavy atom. The Hall–Kier alpha value is -0.600. The minimum atomic E-state index is 0.588. The summed E-state index contributed by atoms with van der Waals surface area (Å²) in [6.07, 6.45) is 4.66. The Kier molecular flexibility index (Phi) is 4.05. The Bertz CT molecular complexity index is 213. The first kappa shape index (κ1) is 9.49. The Morgan fingerprint density at radius 3 is 2.67 bits per heavy atom. The topological polar surface area (TPSA) is 16.1 Å². The highest BCUT2D eigenvalue weighted by Gasteiger charge is 1.95. The summed E-state index contributed by atoms with van der Waals surface area (Å²) in [5, 5.41) is 0. The van der Waals surface area contributed by atoms with Crippen molar-refractivity contribution in [3.63, 3.8) is 0 Å². The van der Waals surface area contributed by atoms with E-state index in [0.717, 1.165) is 13.0 Å². The number of nitrogens with zero attached hydrogens (tertiary/aromatic N) is 2. The van der Waals surface area contributed by atoms with Crippen molar-refractivity contribution in [2.24, 2.45) is 0 Å². The number of rotatable bonds is 4. The molecule has 0 atom stereocenters. The fourth-order valence-corrected chi connectivity index (χ4v) is 1.05. The monoisotopic (exact) mass is 184 g/mol. The van der Waals surface area contributed by atoms with Crippen molar-refractivity contribution in [2.75, 3.05) is 19.6 Å². The molecule has 66 valence electrons. The number of halogens is 1. The first-order valence-corrected chi connectivity index (χ1v) is 4.50. The van der Waals surface area contributed by atoms with Crippen LogP contribution in [0.3, 0.4) is 0 Å². The summed E-state index contributed by atoms with van der Waals surface area (Å²) in [4.78, 5) is 6.02. The van der Waals surface area contributed by atoms with Crippen molar-refractivity contribution in [1.82, 2.24) is 9.88 Å². The lowest BCUT2D eigenvalue weighted by Crippen LogP contribution is -2.19. The minimum absolute atomic E-state index is 0.588. The molecule has 0 unspecified atom stereocenters. The van der Waals surface area contributed by atoms with Crippen LogP contribution >= 0.6 is 11.6 Å². The molecule has 0 saturated carbocycles. The van der Waals surface area contributed by atoms with Crippen LogP contribution in [0, 0.1) is 0 Å². The third-order valence-corrected chi connectivity index (χ3v) is 2.14. The molecule has 1 heterocycles. The summed E-state index contributed by atoms with van der Waals surface area (Å²) in [6, 6.07) is 4.65. The molecule has 0 aliphatic carbocycles. The third kappa shape index (κ3) is 3.20. The predicted molar refractivity (Wildman–Crippen MR) is 51.3 cm³/mol. The van der Waals surface area contributed by atoms with E-state index in [4.69, 9.17) is 11.6 Å². The maximum Gasteiger partial charge on any atom is 0.0736 e. The standard InChI is InChI=1S/C9H13ClN2/c1-12(8-10)7-4-9-2-5-11-6-3-9/h2-3,5-6H,4,7-8H2,1H3. The molecule has 0 fully saturated rings. The van der Waals surface area contributed by atoms with Gasteiger partial charge in [-0.05, 0) is 31.2 Å². The molecule has 0 radical (unpaired) electrons. The number of hydrogen-bond donors (Lipinski definition) is 0. The lowest BCUT2D eigenvalue weighted by atomic mass is 10.2. The van der Waals surface area contributed by atoms with Crippen molar-refractivity contribution in [3.05, 3.63) is 30.1 Å². The van der Waals surface area contributed by atoms with Gasteiger partial charge in [-0.1, -0.05) is 0 Å². The lowest BCUT2D eigenvalue weighted by molar-refractivity contribution is 0.394. The minimum Gasteiger partial charge on any atom is -0.293 e. The summed E-state index contributed by atoms with van der Waals surface area (Å²) in [5.74, 6) is 0. The SMILES string of the molecule is CN(CCl)CCc1ccncc1. The molecule has 0 aliphatic rings. The first-order valence-electron chi connectivity index (χ1n) is 3.96. The van der Waals surface area contributed by atoms with E-state index in [2.05, 4.69) is 9.88 Å². The number of hydrogen-bond acceptors (Lipinski definition) is 2. The molecule has 1 aromatic rings. The number of likely N-dealkylation sites (N-methyl/N-ethyl adjacent to an activating group) is 1. The Balaban J connectivity index is 2.33. The average molecular weight is 185 g/mol. The molecule has 0 aromatic carbocycles. The van der Waals surface area contributed by atoms with Crippen molar-refractivity contribution >= 4 is 11.6 Å². The average Bonchev–Trinajstić information content (AvgIpc) is 2.16. The third-order valence-electron chi connectivity index (χ3n) is 1.74. The summed E-state index contributed by atoms with van der Waals surface area (Å²) in [7, 11) is 2.01. The molecule has 0 aliphatic heterocycles. The predicted octanol–water partition coefficient (Wildman–Crippen LogP) is 1.75.